The lowest BCUT2D eigenvalue weighted by Gasteiger charge is -2.10. The van der Waals surface area contributed by atoms with Crippen molar-refractivity contribution in [2.24, 2.45) is 0 Å². The Kier molecular flexibility index (Phi) is 5.42. The van der Waals surface area contributed by atoms with Gasteiger partial charge in [0.1, 0.15) is 5.82 Å². The topological polar surface area (TPSA) is 64.7 Å². The summed E-state index contributed by atoms with van der Waals surface area (Å²) in [5.41, 5.74) is 3.26. The Bertz CT molecular complexity index is 911. The second kappa shape index (κ2) is 7.74. The molecule has 0 fully saturated rings. The summed E-state index contributed by atoms with van der Waals surface area (Å²) in [4.78, 5) is 12.7. The van der Waals surface area contributed by atoms with Crippen LogP contribution >= 0.6 is 11.6 Å². The van der Waals surface area contributed by atoms with Gasteiger partial charge in [0.25, 0.3) is 5.91 Å². The number of aryl methyl sites for hydroxylation is 3. The predicted octanol–water partition coefficient (Wildman–Crippen LogP) is 4.06. The number of carbonyl (C=O) groups is 1. The van der Waals surface area contributed by atoms with E-state index in [9.17, 15) is 4.79 Å². The molecule has 2 heterocycles. The number of hydrogen-bond acceptors (Lipinski definition) is 3. The largest absolute Gasteiger partial charge is 0.306 e. The molecular weight excluding hydrogens is 350 g/mol. The third kappa shape index (κ3) is 3.96. The number of nitrogens with zero attached hydrogens (tertiary/aromatic N) is 4. The highest BCUT2D eigenvalue weighted by atomic mass is 35.5. The molecule has 0 saturated heterocycles. The molecule has 0 atom stereocenters. The molecule has 6 nitrogen and oxygen atoms in total. The molecule has 1 N–H and O–H groups in total. The van der Waals surface area contributed by atoms with E-state index >= 15 is 0 Å². The summed E-state index contributed by atoms with van der Waals surface area (Å²) in [6.07, 6.45) is 4.51. The van der Waals surface area contributed by atoms with Gasteiger partial charge in [0.15, 0.2) is 0 Å². The van der Waals surface area contributed by atoms with Crippen molar-refractivity contribution < 1.29 is 4.79 Å². The van der Waals surface area contributed by atoms with Crippen LogP contribution in [0.5, 0.6) is 0 Å². The predicted molar refractivity (Wildman–Crippen MR) is 103 cm³/mol. The van der Waals surface area contributed by atoms with Crippen molar-refractivity contribution in [2.75, 3.05) is 5.32 Å². The first-order valence-electron chi connectivity index (χ1n) is 8.60. The summed E-state index contributed by atoms with van der Waals surface area (Å²) in [6.45, 7) is 7.19. The van der Waals surface area contributed by atoms with E-state index in [0.29, 0.717) is 22.9 Å². The molecule has 0 spiro atoms. The lowest BCUT2D eigenvalue weighted by molar-refractivity contribution is 0.102. The molecule has 0 radical (unpaired) electrons. The molecule has 0 bridgehead atoms. The van der Waals surface area contributed by atoms with Gasteiger partial charge >= 0.3 is 0 Å². The molecule has 0 aliphatic heterocycles. The molecule has 0 unspecified atom stereocenters. The summed E-state index contributed by atoms with van der Waals surface area (Å²) >= 11 is 5.94. The fraction of sp³-hybridized carbons (Fsp3) is 0.316. The van der Waals surface area contributed by atoms with E-state index in [4.69, 9.17) is 11.6 Å². The monoisotopic (exact) mass is 371 g/mol. The molecule has 7 heteroatoms. The van der Waals surface area contributed by atoms with E-state index in [1.54, 1.807) is 17.1 Å². The zero-order valence-electron chi connectivity index (χ0n) is 15.2. The van der Waals surface area contributed by atoms with Gasteiger partial charge in [-0.2, -0.15) is 10.2 Å². The number of aromatic nitrogens is 4. The van der Waals surface area contributed by atoms with Gasteiger partial charge in [0.2, 0.25) is 0 Å². The van der Waals surface area contributed by atoms with Crippen LogP contribution in [0.4, 0.5) is 5.82 Å². The number of hydrogen-bond donors (Lipinski definition) is 1. The Morgan fingerprint density at radius 2 is 1.96 bits per heavy atom. The van der Waals surface area contributed by atoms with Gasteiger partial charge in [0, 0.05) is 23.3 Å². The highest BCUT2D eigenvalue weighted by Gasteiger charge is 2.17. The van der Waals surface area contributed by atoms with Crippen LogP contribution in [-0.2, 0) is 13.1 Å². The van der Waals surface area contributed by atoms with Crippen molar-refractivity contribution in [3.05, 3.63) is 64.1 Å². The average Bonchev–Trinajstić information content (AvgIpc) is 3.14. The fourth-order valence-electron chi connectivity index (χ4n) is 2.78. The summed E-state index contributed by atoms with van der Waals surface area (Å²) in [5, 5.41) is 12.5. The van der Waals surface area contributed by atoms with Gasteiger partial charge in [0.05, 0.1) is 24.0 Å². The SMILES string of the molecule is CCCn1cc(C(=O)Nc2c(C)cnn2Cc2ccc(Cl)cc2)c(C)n1. The molecule has 2 aromatic heterocycles. The smallest absolute Gasteiger partial charge is 0.260 e. The van der Waals surface area contributed by atoms with Crippen molar-refractivity contribution in [3.8, 4) is 0 Å². The van der Waals surface area contributed by atoms with Crippen LogP contribution in [0, 0.1) is 13.8 Å². The zero-order chi connectivity index (χ0) is 18.7. The first-order valence-corrected chi connectivity index (χ1v) is 8.98. The number of benzene rings is 1. The second-order valence-corrected chi connectivity index (χ2v) is 6.74. The third-order valence-corrected chi connectivity index (χ3v) is 4.40. The van der Waals surface area contributed by atoms with Crippen LogP contribution in [0.2, 0.25) is 5.02 Å². The molecular formula is C19H22ClN5O. The quantitative estimate of drug-likeness (QED) is 0.710. The zero-order valence-corrected chi connectivity index (χ0v) is 15.9. The molecule has 1 aromatic carbocycles. The normalized spacial score (nSPS) is 10.9. The van der Waals surface area contributed by atoms with E-state index < -0.39 is 0 Å². The van der Waals surface area contributed by atoms with Gasteiger partial charge in [-0.3, -0.25) is 9.48 Å². The Labute approximate surface area is 157 Å². The van der Waals surface area contributed by atoms with E-state index in [2.05, 4.69) is 22.4 Å². The highest BCUT2D eigenvalue weighted by molar-refractivity contribution is 6.30. The van der Waals surface area contributed by atoms with Crippen LogP contribution in [0.25, 0.3) is 0 Å². The summed E-state index contributed by atoms with van der Waals surface area (Å²) in [6, 6.07) is 7.59. The number of halogens is 1. The molecule has 3 aromatic rings. The van der Waals surface area contributed by atoms with Crippen molar-refractivity contribution in [1.29, 1.82) is 0 Å². The summed E-state index contributed by atoms with van der Waals surface area (Å²) in [5.74, 6) is 0.512. The summed E-state index contributed by atoms with van der Waals surface area (Å²) < 4.78 is 3.59. The minimum atomic E-state index is -0.175. The van der Waals surface area contributed by atoms with Crippen LogP contribution in [0.1, 0.15) is 40.5 Å². The first kappa shape index (κ1) is 18.2. The van der Waals surface area contributed by atoms with Crippen molar-refractivity contribution in [3.63, 3.8) is 0 Å². The van der Waals surface area contributed by atoms with E-state index in [-0.39, 0.29) is 5.91 Å². The van der Waals surface area contributed by atoms with Crippen LogP contribution in [0.3, 0.4) is 0 Å². The van der Waals surface area contributed by atoms with Crippen LogP contribution in [-0.4, -0.2) is 25.5 Å². The van der Waals surface area contributed by atoms with Crippen molar-refractivity contribution >= 4 is 23.3 Å². The molecule has 136 valence electrons. The third-order valence-electron chi connectivity index (χ3n) is 4.14. The van der Waals surface area contributed by atoms with Gasteiger partial charge < -0.3 is 5.32 Å². The molecule has 1 amide bonds. The second-order valence-electron chi connectivity index (χ2n) is 6.31. The average molecular weight is 372 g/mol. The number of anilines is 1. The minimum absolute atomic E-state index is 0.175. The van der Waals surface area contributed by atoms with Crippen LogP contribution in [0.15, 0.2) is 36.7 Å². The van der Waals surface area contributed by atoms with Crippen molar-refractivity contribution in [1.82, 2.24) is 19.6 Å². The Hall–Kier alpha value is -2.60. The molecule has 0 aliphatic carbocycles. The maximum atomic E-state index is 12.7. The standard InChI is InChI=1S/C19H22ClN5O/c1-4-9-24-12-17(14(3)23-24)19(26)22-18-13(2)10-21-25(18)11-15-5-7-16(20)8-6-15/h5-8,10,12H,4,9,11H2,1-3H3,(H,22,26). The Morgan fingerprint density at radius 1 is 1.23 bits per heavy atom. The van der Waals surface area contributed by atoms with E-state index in [1.165, 1.54) is 0 Å². The van der Waals surface area contributed by atoms with Gasteiger partial charge in [-0.1, -0.05) is 30.7 Å². The molecule has 0 aliphatic rings. The maximum Gasteiger partial charge on any atom is 0.260 e. The fourth-order valence-corrected chi connectivity index (χ4v) is 2.91. The van der Waals surface area contributed by atoms with Crippen LogP contribution < -0.4 is 5.32 Å². The van der Waals surface area contributed by atoms with E-state index in [1.807, 2.05) is 42.8 Å². The first-order chi connectivity index (χ1) is 12.5. The maximum absolute atomic E-state index is 12.7. The Morgan fingerprint density at radius 3 is 2.65 bits per heavy atom. The number of rotatable bonds is 6. The molecule has 0 saturated carbocycles. The molecule has 26 heavy (non-hydrogen) atoms. The minimum Gasteiger partial charge on any atom is -0.306 e. The van der Waals surface area contributed by atoms with Gasteiger partial charge in [-0.25, -0.2) is 4.68 Å². The summed E-state index contributed by atoms with van der Waals surface area (Å²) in [7, 11) is 0. The molecule has 3 rings (SSSR count). The number of amides is 1. The Balaban J connectivity index is 1.80. The number of nitrogens with one attached hydrogen (secondary N) is 1. The van der Waals surface area contributed by atoms with Gasteiger partial charge in [-0.15, -0.1) is 0 Å². The number of carbonyl (C=O) groups excluding carboxylic acids is 1. The highest BCUT2D eigenvalue weighted by Crippen LogP contribution is 2.19. The van der Waals surface area contributed by atoms with Gasteiger partial charge in [-0.05, 0) is 38.0 Å². The lowest BCUT2D eigenvalue weighted by atomic mass is 10.2. The van der Waals surface area contributed by atoms with E-state index in [0.717, 1.165) is 29.8 Å². The lowest BCUT2D eigenvalue weighted by Crippen LogP contribution is -2.17. The van der Waals surface area contributed by atoms with Crippen molar-refractivity contribution in [2.45, 2.75) is 40.3 Å².